The maximum absolute atomic E-state index is 12.3. The molecule has 1 aromatic heterocycles. The van der Waals surface area contributed by atoms with Gasteiger partial charge in [-0.15, -0.1) is 0 Å². The Kier molecular flexibility index (Phi) is 4.90. The van der Waals surface area contributed by atoms with Gasteiger partial charge in [0.25, 0.3) is 0 Å². The summed E-state index contributed by atoms with van der Waals surface area (Å²) >= 11 is 0. The summed E-state index contributed by atoms with van der Waals surface area (Å²) in [6, 6.07) is 7.68. The molecule has 0 bridgehead atoms. The third-order valence-electron chi connectivity index (χ3n) is 4.25. The lowest BCUT2D eigenvalue weighted by Crippen LogP contribution is -2.36. The molecular formula is C19H24N4O2. The topological polar surface area (TPSA) is 79.2 Å². The molecule has 0 fully saturated rings. The Morgan fingerprint density at radius 3 is 2.56 bits per heavy atom. The normalized spacial score (nSPS) is 19.2. The monoisotopic (exact) mass is 340 g/mol. The predicted molar refractivity (Wildman–Crippen MR) is 98.1 cm³/mol. The molecule has 6 nitrogen and oxygen atoms in total. The zero-order chi connectivity index (χ0) is 18.0. The van der Waals surface area contributed by atoms with Gasteiger partial charge in [0.15, 0.2) is 0 Å². The van der Waals surface area contributed by atoms with Crippen molar-refractivity contribution in [1.82, 2.24) is 15.1 Å². The van der Waals surface area contributed by atoms with Crippen LogP contribution in [-0.4, -0.2) is 33.6 Å². The van der Waals surface area contributed by atoms with Crippen LogP contribution in [0.25, 0.3) is 5.69 Å². The summed E-state index contributed by atoms with van der Waals surface area (Å²) in [5.74, 6) is 0.744. The second kappa shape index (κ2) is 7.11. The molecule has 6 heteroatoms. The van der Waals surface area contributed by atoms with Crippen molar-refractivity contribution in [3.63, 3.8) is 0 Å². The van der Waals surface area contributed by atoms with Crippen molar-refractivity contribution in [1.29, 1.82) is 0 Å². The number of carbonyl (C=O) groups is 1. The molecular weight excluding hydrogens is 316 g/mol. The number of hydrogen-bond acceptors (Lipinski definition) is 3. The smallest absolute Gasteiger partial charge is 0.320 e. The number of aliphatic hydroxyl groups is 1. The first-order valence-corrected chi connectivity index (χ1v) is 8.46. The molecule has 2 aromatic rings. The van der Waals surface area contributed by atoms with Crippen LogP contribution in [0, 0.1) is 26.7 Å². The lowest BCUT2D eigenvalue weighted by atomic mass is 10.1. The van der Waals surface area contributed by atoms with E-state index in [1.807, 2.05) is 51.1 Å². The first-order chi connectivity index (χ1) is 11.9. The third kappa shape index (κ3) is 4.09. The third-order valence-corrected chi connectivity index (χ3v) is 4.25. The number of aryl methyl sites for hydroxylation is 3. The Bertz CT molecular complexity index is 790. The number of nitrogens with one attached hydrogen (secondary N) is 2. The van der Waals surface area contributed by atoms with E-state index in [9.17, 15) is 9.90 Å². The number of rotatable bonds is 4. The second-order valence-corrected chi connectivity index (χ2v) is 6.70. The SMILES string of the molecule is Cc1cc(C)cc(-n2nc(C)cc2NC(=O)N[C@@H]2C=C[C@H](CO)C2)c1. The van der Waals surface area contributed by atoms with Gasteiger partial charge in [-0.1, -0.05) is 18.2 Å². The number of urea groups is 1. The van der Waals surface area contributed by atoms with E-state index in [4.69, 9.17) is 0 Å². The summed E-state index contributed by atoms with van der Waals surface area (Å²) in [5.41, 5.74) is 4.03. The van der Waals surface area contributed by atoms with Crippen LogP contribution in [0.4, 0.5) is 10.6 Å². The van der Waals surface area contributed by atoms with E-state index in [1.54, 1.807) is 4.68 Å². The molecule has 1 aliphatic carbocycles. The molecule has 2 amide bonds. The quantitative estimate of drug-likeness (QED) is 0.749. The first kappa shape index (κ1) is 17.2. The minimum absolute atomic E-state index is 0.0594. The van der Waals surface area contributed by atoms with E-state index in [0.29, 0.717) is 5.82 Å². The highest BCUT2D eigenvalue weighted by Gasteiger charge is 2.20. The number of amides is 2. The minimum atomic E-state index is -0.279. The summed E-state index contributed by atoms with van der Waals surface area (Å²) in [5, 5.41) is 19.5. The molecule has 0 aliphatic heterocycles. The lowest BCUT2D eigenvalue weighted by Gasteiger charge is -2.15. The van der Waals surface area contributed by atoms with Crippen molar-refractivity contribution in [2.75, 3.05) is 11.9 Å². The van der Waals surface area contributed by atoms with E-state index < -0.39 is 0 Å². The Morgan fingerprint density at radius 2 is 1.92 bits per heavy atom. The molecule has 0 saturated heterocycles. The van der Waals surface area contributed by atoms with Crippen molar-refractivity contribution in [2.24, 2.45) is 5.92 Å². The molecule has 1 aromatic carbocycles. The molecule has 1 heterocycles. The number of carbonyl (C=O) groups excluding carboxylic acids is 1. The molecule has 3 rings (SSSR count). The number of benzene rings is 1. The van der Waals surface area contributed by atoms with E-state index in [-0.39, 0.29) is 24.6 Å². The molecule has 0 unspecified atom stereocenters. The number of aromatic nitrogens is 2. The van der Waals surface area contributed by atoms with Crippen LogP contribution in [0.3, 0.4) is 0 Å². The van der Waals surface area contributed by atoms with Gasteiger partial charge in [-0.2, -0.15) is 5.10 Å². The predicted octanol–water partition coefficient (Wildman–Crippen LogP) is 2.86. The lowest BCUT2D eigenvalue weighted by molar-refractivity contribution is 0.238. The molecule has 2 atom stereocenters. The van der Waals surface area contributed by atoms with E-state index in [2.05, 4.69) is 21.8 Å². The molecule has 132 valence electrons. The molecule has 0 radical (unpaired) electrons. The largest absolute Gasteiger partial charge is 0.396 e. The highest BCUT2D eigenvalue weighted by atomic mass is 16.3. The average molecular weight is 340 g/mol. The zero-order valence-electron chi connectivity index (χ0n) is 14.8. The number of hydrogen-bond donors (Lipinski definition) is 3. The van der Waals surface area contributed by atoms with Crippen LogP contribution < -0.4 is 10.6 Å². The molecule has 3 N–H and O–H groups in total. The van der Waals surface area contributed by atoms with Gasteiger partial charge >= 0.3 is 6.03 Å². The number of aliphatic hydroxyl groups excluding tert-OH is 1. The zero-order valence-corrected chi connectivity index (χ0v) is 14.8. The van der Waals surface area contributed by atoms with E-state index in [1.165, 1.54) is 0 Å². The van der Waals surface area contributed by atoms with Crippen molar-refractivity contribution in [2.45, 2.75) is 33.2 Å². The van der Waals surface area contributed by atoms with Gasteiger partial charge in [0.05, 0.1) is 11.4 Å². The van der Waals surface area contributed by atoms with Crippen LogP contribution in [0.5, 0.6) is 0 Å². The summed E-state index contributed by atoms with van der Waals surface area (Å²) in [4.78, 5) is 12.3. The fourth-order valence-corrected chi connectivity index (χ4v) is 3.20. The Hall–Kier alpha value is -2.60. The molecule has 0 spiro atoms. The summed E-state index contributed by atoms with van der Waals surface area (Å²) in [6.07, 6.45) is 4.58. The standard InChI is InChI=1S/C19H24N4O2/c1-12-6-13(2)8-17(7-12)23-18(9-14(3)22-23)21-19(25)20-16-5-4-15(10-16)11-24/h4-9,15-16,24H,10-11H2,1-3H3,(H2,20,21,25)/t15-,16+/m0/s1. The van der Waals surface area contributed by atoms with Crippen LogP contribution in [0.15, 0.2) is 36.4 Å². The number of anilines is 1. The van der Waals surface area contributed by atoms with Crippen molar-refractivity contribution in [3.8, 4) is 5.69 Å². The Balaban J connectivity index is 1.75. The Morgan fingerprint density at radius 1 is 1.20 bits per heavy atom. The molecule has 0 saturated carbocycles. The summed E-state index contributed by atoms with van der Waals surface area (Å²) < 4.78 is 1.75. The van der Waals surface area contributed by atoms with Gasteiger partial charge in [-0.05, 0) is 50.5 Å². The highest BCUT2D eigenvalue weighted by Crippen LogP contribution is 2.20. The van der Waals surface area contributed by atoms with E-state index in [0.717, 1.165) is 28.9 Å². The fourth-order valence-electron chi connectivity index (χ4n) is 3.20. The van der Waals surface area contributed by atoms with Crippen LogP contribution in [0.1, 0.15) is 23.2 Å². The van der Waals surface area contributed by atoms with Crippen LogP contribution >= 0.6 is 0 Å². The Labute approximate surface area is 147 Å². The van der Waals surface area contributed by atoms with Crippen LogP contribution in [-0.2, 0) is 0 Å². The van der Waals surface area contributed by atoms with Gasteiger partial charge in [0.2, 0.25) is 0 Å². The van der Waals surface area contributed by atoms with Crippen molar-refractivity contribution < 1.29 is 9.90 Å². The molecule has 25 heavy (non-hydrogen) atoms. The van der Waals surface area contributed by atoms with Crippen LogP contribution in [0.2, 0.25) is 0 Å². The fraction of sp³-hybridized carbons (Fsp3) is 0.368. The minimum Gasteiger partial charge on any atom is -0.396 e. The summed E-state index contributed by atoms with van der Waals surface area (Å²) in [6.45, 7) is 6.08. The number of nitrogens with zero attached hydrogens (tertiary/aromatic N) is 2. The first-order valence-electron chi connectivity index (χ1n) is 8.46. The van der Waals surface area contributed by atoms with Gasteiger partial charge in [-0.3, -0.25) is 5.32 Å². The van der Waals surface area contributed by atoms with Gasteiger partial charge in [-0.25, -0.2) is 9.48 Å². The van der Waals surface area contributed by atoms with Gasteiger partial charge in [0, 0.05) is 24.6 Å². The van der Waals surface area contributed by atoms with Gasteiger partial charge < -0.3 is 10.4 Å². The maximum Gasteiger partial charge on any atom is 0.320 e. The summed E-state index contributed by atoms with van der Waals surface area (Å²) in [7, 11) is 0. The van der Waals surface area contributed by atoms with Crippen molar-refractivity contribution >= 4 is 11.8 Å². The van der Waals surface area contributed by atoms with E-state index >= 15 is 0 Å². The van der Waals surface area contributed by atoms with Gasteiger partial charge in [0.1, 0.15) is 5.82 Å². The van der Waals surface area contributed by atoms with Crippen molar-refractivity contribution in [3.05, 3.63) is 53.2 Å². The molecule has 1 aliphatic rings. The second-order valence-electron chi connectivity index (χ2n) is 6.70. The highest BCUT2D eigenvalue weighted by molar-refractivity contribution is 5.89. The average Bonchev–Trinajstić information content (AvgIpc) is 3.12. The maximum atomic E-state index is 12.3.